The largest absolute Gasteiger partial charge is 0.504 e. The number of benzene rings is 2. The van der Waals surface area contributed by atoms with E-state index in [4.69, 9.17) is 4.74 Å². The number of halogens is 1. The molecule has 0 aliphatic carbocycles. The monoisotopic (exact) mass is 286 g/mol. The Morgan fingerprint density at radius 1 is 1.24 bits per heavy atom. The molecule has 1 heterocycles. The normalized spacial score (nSPS) is 11.0. The molecule has 0 aliphatic rings. The Labute approximate surface area is 121 Å². The molecule has 0 spiro atoms. The van der Waals surface area contributed by atoms with Gasteiger partial charge in [-0.1, -0.05) is 0 Å². The van der Waals surface area contributed by atoms with E-state index in [1.165, 1.54) is 19.2 Å². The minimum atomic E-state index is -0.291. The molecule has 0 radical (unpaired) electrons. The van der Waals surface area contributed by atoms with Gasteiger partial charge in [0.25, 0.3) is 0 Å². The molecule has 108 valence electrons. The van der Waals surface area contributed by atoms with Crippen LogP contribution in [0.5, 0.6) is 11.5 Å². The zero-order valence-electron chi connectivity index (χ0n) is 11.8. The van der Waals surface area contributed by atoms with Gasteiger partial charge in [0.2, 0.25) is 0 Å². The third kappa shape index (κ3) is 2.20. The van der Waals surface area contributed by atoms with Gasteiger partial charge >= 0.3 is 0 Å². The van der Waals surface area contributed by atoms with Crippen molar-refractivity contribution >= 4 is 11.0 Å². The van der Waals surface area contributed by atoms with Crippen LogP contribution in [0.3, 0.4) is 0 Å². The number of nitrogens with zero attached hydrogens (tertiary/aromatic N) is 2. The SMILES string of the molecule is CCn1c(-c2ccc(OC)c(O)c2)nc2ccc(F)cc21. The van der Waals surface area contributed by atoms with Crippen LogP contribution < -0.4 is 4.74 Å². The summed E-state index contributed by atoms with van der Waals surface area (Å²) in [6.45, 7) is 2.63. The summed E-state index contributed by atoms with van der Waals surface area (Å²) >= 11 is 0. The Morgan fingerprint density at radius 3 is 2.71 bits per heavy atom. The second-order valence-electron chi connectivity index (χ2n) is 4.70. The Bertz CT molecular complexity index is 811. The average Bonchev–Trinajstić information content (AvgIpc) is 2.84. The number of hydrogen-bond acceptors (Lipinski definition) is 3. The van der Waals surface area contributed by atoms with Crippen LogP contribution >= 0.6 is 0 Å². The van der Waals surface area contributed by atoms with Crippen LogP contribution in [0.2, 0.25) is 0 Å². The third-order valence-electron chi connectivity index (χ3n) is 3.46. The van der Waals surface area contributed by atoms with Crippen LogP contribution in [0.1, 0.15) is 6.92 Å². The van der Waals surface area contributed by atoms with Gasteiger partial charge in [-0.05, 0) is 43.3 Å². The molecule has 0 aliphatic heterocycles. The second kappa shape index (κ2) is 5.09. The van der Waals surface area contributed by atoms with E-state index in [0.29, 0.717) is 18.1 Å². The second-order valence-corrected chi connectivity index (χ2v) is 4.70. The summed E-state index contributed by atoms with van der Waals surface area (Å²) in [5.41, 5.74) is 2.22. The first kappa shape index (κ1) is 13.4. The lowest BCUT2D eigenvalue weighted by molar-refractivity contribution is 0.373. The van der Waals surface area contributed by atoms with Crippen LogP contribution in [0.4, 0.5) is 4.39 Å². The fraction of sp³-hybridized carbons (Fsp3) is 0.188. The lowest BCUT2D eigenvalue weighted by Gasteiger charge is -2.08. The number of imidazole rings is 1. The quantitative estimate of drug-likeness (QED) is 0.800. The molecule has 1 aromatic heterocycles. The zero-order valence-corrected chi connectivity index (χ0v) is 11.8. The van der Waals surface area contributed by atoms with Crippen LogP contribution in [0.25, 0.3) is 22.4 Å². The van der Waals surface area contributed by atoms with Gasteiger partial charge < -0.3 is 14.4 Å². The van der Waals surface area contributed by atoms with E-state index in [9.17, 15) is 9.50 Å². The maximum atomic E-state index is 13.4. The third-order valence-corrected chi connectivity index (χ3v) is 3.46. The van der Waals surface area contributed by atoms with Crippen LogP contribution in [-0.4, -0.2) is 21.8 Å². The molecule has 0 saturated carbocycles. The molecule has 1 N–H and O–H groups in total. The topological polar surface area (TPSA) is 47.3 Å². The van der Waals surface area contributed by atoms with Gasteiger partial charge in [-0.25, -0.2) is 9.37 Å². The molecule has 2 aromatic carbocycles. The first-order valence-corrected chi connectivity index (χ1v) is 6.67. The van der Waals surface area contributed by atoms with E-state index in [1.807, 2.05) is 17.6 Å². The van der Waals surface area contributed by atoms with Crippen molar-refractivity contribution in [2.24, 2.45) is 0 Å². The Morgan fingerprint density at radius 2 is 2.05 bits per heavy atom. The highest BCUT2D eigenvalue weighted by Gasteiger charge is 2.14. The molecule has 4 nitrogen and oxygen atoms in total. The number of methoxy groups -OCH3 is 1. The molecule has 21 heavy (non-hydrogen) atoms. The summed E-state index contributed by atoms with van der Waals surface area (Å²) in [6, 6.07) is 9.63. The molecule has 0 fully saturated rings. The number of aromatic hydroxyl groups is 1. The van der Waals surface area contributed by atoms with E-state index in [-0.39, 0.29) is 11.6 Å². The van der Waals surface area contributed by atoms with Crippen molar-refractivity contribution in [1.82, 2.24) is 9.55 Å². The summed E-state index contributed by atoms with van der Waals surface area (Å²) in [5.74, 6) is 0.858. The fourth-order valence-corrected chi connectivity index (χ4v) is 2.47. The smallest absolute Gasteiger partial charge is 0.160 e. The summed E-state index contributed by atoms with van der Waals surface area (Å²) in [6.07, 6.45) is 0. The minimum absolute atomic E-state index is 0.0517. The Kier molecular flexibility index (Phi) is 3.25. The Hall–Kier alpha value is -2.56. The van der Waals surface area contributed by atoms with E-state index in [1.54, 1.807) is 18.2 Å². The van der Waals surface area contributed by atoms with E-state index in [2.05, 4.69) is 4.98 Å². The van der Waals surface area contributed by atoms with Crippen molar-refractivity contribution in [3.05, 3.63) is 42.2 Å². The molecule has 0 saturated heterocycles. The van der Waals surface area contributed by atoms with Gasteiger partial charge in [0.05, 0.1) is 18.1 Å². The lowest BCUT2D eigenvalue weighted by atomic mass is 10.2. The number of hydrogen-bond donors (Lipinski definition) is 1. The molecular weight excluding hydrogens is 271 g/mol. The van der Waals surface area contributed by atoms with Gasteiger partial charge in [0.15, 0.2) is 11.5 Å². The van der Waals surface area contributed by atoms with Gasteiger partial charge in [0.1, 0.15) is 11.6 Å². The lowest BCUT2D eigenvalue weighted by Crippen LogP contribution is -1.97. The minimum Gasteiger partial charge on any atom is -0.504 e. The molecule has 0 unspecified atom stereocenters. The van der Waals surface area contributed by atoms with Crippen molar-refractivity contribution < 1.29 is 14.2 Å². The maximum Gasteiger partial charge on any atom is 0.160 e. The number of aromatic nitrogens is 2. The summed E-state index contributed by atoms with van der Waals surface area (Å²) in [4.78, 5) is 4.54. The predicted octanol–water partition coefficient (Wildman–Crippen LogP) is 3.58. The van der Waals surface area contributed by atoms with Crippen molar-refractivity contribution in [1.29, 1.82) is 0 Å². The molecule has 3 rings (SSSR count). The fourth-order valence-electron chi connectivity index (χ4n) is 2.47. The summed E-state index contributed by atoms with van der Waals surface area (Å²) in [5, 5.41) is 9.91. The van der Waals surface area contributed by atoms with Crippen LogP contribution in [0.15, 0.2) is 36.4 Å². The van der Waals surface area contributed by atoms with Crippen molar-refractivity contribution in [2.45, 2.75) is 13.5 Å². The van der Waals surface area contributed by atoms with Crippen LogP contribution in [-0.2, 0) is 6.54 Å². The summed E-state index contributed by atoms with van der Waals surface area (Å²) in [7, 11) is 1.50. The molecule has 0 amide bonds. The number of fused-ring (bicyclic) bond motifs is 1. The van der Waals surface area contributed by atoms with Crippen LogP contribution in [0, 0.1) is 5.82 Å². The molecular formula is C16H15FN2O2. The number of ether oxygens (including phenoxy) is 1. The zero-order chi connectivity index (χ0) is 15.0. The van der Waals surface area contributed by atoms with Crippen molar-refractivity contribution in [2.75, 3.05) is 7.11 Å². The average molecular weight is 286 g/mol. The van der Waals surface area contributed by atoms with E-state index < -0.39 is 0 Å². The highest BCUT2D eigenvalue weighted by molar-refractivity contribution is 5.81. The number of aryl methyl sites for hydroxylation is 1. The first-order chi connectivity index (χ1) is 10.1. The molecule has 3 aromatic rings. The highest BCUT2D eigenvalue weighted by atomic mass is 19.1. The number of rotatable bonds is 3. The van der Waals surface area contributed by atoms with Gasteiger partial charge in [-0.3, -0.25) is 0 Å². The standard InChI is InChI=1S/C16H15FN2O2/c1-3-19-13-9-11(17)5-6-12(13)18-16(19)10-4-7-15(21-2)14(20)8-10/h4-9,20H,3H2,1-2H3. The van der Waals surface area contributed by atoms with Gasteiger partial charge in [-0.15, -0.1) is 0 Å². The maximum absolute atomic E-state index is 13.4. The highest BCUT2D eigenvalue weighted by Crippen LogP contribution is 2.32. The van der Waals surface area contributed by atoms with Gasteiger partial charge in [0, 0.05) is 12.1 Å². The number of phenolic OH excluding ortho intramolecular Hbond substituents is 1. The molecule has 0 atom stereocenters. The van der Waals surface area contributed by atoms with Gasteiger partial charge in [-0.2, -0.15) is 0 Å². The van der Waals surface area contributed by atoms with Crippen molar-refractivity contribution in [3.63, 3.8) is 0 Å². The van der Waals surface area contributed by atoms with E-state index >= 15 is 0 Å². The predicted molar refractivity (Wildman–Crippen MR) is 79.0 cm³/mol. The van der Waals surface area contributed by atoms with Crippen molar-refractivity contribution in [3.8, 4) is 22.9 Å². The number of phenols is 1. The molecule has 0 bridgehead atoms. The first-order valence-electron chi connectivity index (χ1n) is 6.67. The summed E-state index contributed by atoms with van der Waals surface area (Å²) < 4.78 is 20.4. The Balaban J connectivity index is 2.22. The molecule has 5 heteroatoms. The van der Waals surface area contributed by atoms with E-state index in [0.717, 1.165) is 16.6 Å².